The van der Waals surface area contributed by atoms with Gasteiger partial charge in [-0.2, -0.15) is 0 Å². The van der Waals surface area contributed by atoms with E-state index < -0.39 is 0 Å². The molecule has 1 aromatic rings. The van der Waals surface area contributed by atoms with Crippen molar-refractivity contribution in [2.45, 2.75) is 51.5 Å². The van der Waals surface area contributed by atoms with E-state index in [2.05, 4.69) is 12.2 Å². The Bertz CT molecular complexity index is 379. The topological polar surface area (TPSA) is 52.5 Å². The molecule has 1 saturated carbocycles. The molecular formula is C16H25NO2. The first-order valence-electron chi connectivity index (χ1n) is 7.41. The van der Waals surface area contributed by atoms with E-state index in [0.717, 1.165) is 18.0 Å². The van der Waals surface area contributed by atoms with Crippen LogP contribution in [0.15, 0.2) is 18.2 Å². The molecule has 1 aromatic carbocycles. The van der Waals surface area contributed by atoms with Crippen LogP contribution < -0.4 is 5.32 Å². The summed E-state index contributed by atoms with van der Waals surface area (Å²) in [5.41, 5.74) is 0.932. The van der Waals surface area contributed by atoms with E-state index in [1.807, 2.05) is 0 Å². The van der Waals surface area contributed by atoms with Crippen LogP contribution in [0.1, 0.15) is 57.1 Å². The lowest BCUT2D eigenvalue weighted by molar-refractivity contribution is 0.329. The van der Waals surface area contributed by atoms with Gasteiger partial charge in [-0.05, 0) is 43.5 Å². The van der Waals surface area contributed by atoms with Gasteiger partial charge in [0.05, 0.1) is 0 Å². The average molecular weight is 263 g/mol. The normalized spacial score (nSPS) is 18.4. The zero-order valence-electron chi connectivity index (χ0n) is 11.7. The van der Waals surface area contributed by atoms with Crippen molar-refractivity contribution in [1.29, 1.82) is 0 Å². The Morgan fingerprint density at radius 2 is 1.74 bits per heavy atom. The highest BCUT2D eigenvalue weighted by atomic mass is 16.3. The Labute approximate surface area is 115 Å². The average Bonchev–Trinajstić information content (AvgIpc) is 2.38. The van der Waals surface area contributed by atoms with Crippen LogP contribution in [0.25, 0.3) is 0 Å². The fourth-order valence-electron chi connectivity index (χ4n) is 2.97. The lowest BCUT2D eigenvalue weighted by Crippen LogP contribution is -2.22. The Kier molecular flexibility index (Phi) is 5.08. The SMILES string of the molecule is CC(NCCC1CCCCC1)c1cc(O)cc(O)c1. The van der Waals surface area contributed by atoms with Crippen LogP contribution >= 0.6 is 0 Å². The van der Waals surface area contributed by atoms with Crippen LogP contribution in [0.3, 0.4) is 0 Å². The zero-order valence-corrected chi connectivity index (χ0v) is 11.7. The summed E-state index contributed by atoms with van der Waals surface area (Å²) >= 11 is 0. The molecule has 3 N–H and O–H groups in total. The molecule has 0 amide bonds. The van der Waals surface area contributed by atoms with E-state index in [0.29, 0.717) is 0 Å². The number of phenolic OH excluding ortho intramolecular Hbond substituents is 2. The van der Waals surface area contributed by atoms with Gasteiger partial charge in [0.1, 0.15) is 11.5 Å². The highest BCUT2D eigenvalue weighted by Gasteiger charge is 2.14. The third kappa shape index (κ3) is 4.43. The Hall–Kier alpha value is -1.22. The molecule has 1 unspecified atom stereocenters. The standard InChI is InChI=1S/C16H25NO2/c1-12(14-9-15(18)11-16(19)10-14)17-8-7-13-5-3-2-4-6-13/h9-13,17-19H,2-8H2,1H3. The summed E-state index contributed by atoms with van der Waals surface area (Å²) in [6, 6.07) is 4.93. The van der Waals surface area contributed by atoms with Crippen molar-refractivity contribution < 1.29 is 10.2 Å². The molecule has 1 atom stereocenters. The molecule has 106 valence electrons. The van der Waals surface area contributed by atoms with Gasteiger partial charge in [0, 0.05) is 12.1 Å². The second kappa shape index (κ2) is 6.80. The molecule has 3 nitrogen and oxygen atoms in total. The van der Waals surface area contributed by atoms with Crippen molar-refractivity contribution in [3.8, 4) is 11.5 Å². The zero-order chi connectivity index (χ0) is 13.7. The summed E-state index contributed by atoms with van der Waals surface area (Å²) in [7, 11) is 0. The second-order valence-corrected chi connectivity index (χ2v) is 5.75. The highest BCUT2D eigenvalue weighted by Crippen LogP contribution is 2.27. The van der Waals surface area contributed by atoms with Crippen LogP contribution in [0, 0.1) is 5.92 Å². The van der Waals surface area contributed by atoms with E-state index in [1.165, 1.54) is 44.6 Å². The van der Waals surface area contributed by atoms with Gasteiger partial charge in [0.15, 0.2) is 0 Å². The summed E-state index contributed by atoms with van der Waals surface area (Å²) in [5, 5.41) is 22.4. The van der Waals surface area contributed by atoms with E-state index in [-0.39, 0.29) is 17.5 Å². The third-order valence-corrected chi connectivity index (χ3v) is 4.15. The smallest absolute Gasteiger partial charge is 0.119 e. The molecule has 0 spiro atoms. The predicted molar refractivity (Wildman–Crippen MR) is 77.4 cm³/mol. The van der Waals surface area contributed by atoms with Crippen molar-refractivity contribution in [2.75, 3.05) is 6.54 Å². The van der Waals surface area contributed by atoms with Gasteiger partial charge in [-0.3, -0.25) is 0 Å². The molecule has 0 heterocycles. The Balaban J connectivity index is 1.78. The molecule has 0 aromatic heterocycles. The van der Waals surface area contributed by atoms with Gasteiger partial charge in [-0.25, -0.2) is 0 Å². The maximum absolute atomic E-state index is 9.48. The van der Waals surface area contributed by atoms with Crippen LogP contribution in [0.4, 0.5) is 0 Å². The van der Waals surface area contributed by atoms with Gasteiger partial charge in [0.25, 0.3) is 0 Å². The summed E-state index contributed by atoms with van der Waals surface area (Å²) < 4.78 is 0. The van der Waals surface area contributed by atoms with Crippen molar-refractivity contribution >= 4 is 0 Å². The first-order valence-corrected chi connectivity index (χ1v) is 7.41. The first-order chi connectivity index (χ1) is 9.15. The minimum atomic E-state index is 0.121. The summed E-state index contributed by atoms with van der Waals surface area (Å²) in [4.78, 5) is 0. The largest absolute Gasteiger partial charge is 0.508 e. The molecule has 1 aliphatic rings. The Morgan fingerprint density at radius 1 is 1.11 bits per heavy atom. The minimum absolute atomic E-state index is 0.121. The first kappa shape index (κ1) is 14.2. The summed E-state index contributed by atoms with van der Waals surface area (Å²) in [5.74, 6) is 1.12. The highest BCUT2D eigenvalue weighted by molar-refractivity contribution is 5.37. The molecule has 0 aliphatic heterocycles. The monoisotopic (exact) mass is 263 g/mol. The number of aromatic hydroxyl groups is 2. The molecular weight excluding hydrogens is 238 g/mol. The summed E-state index contributed by atoms with van der Waals surface area (Å²) in [6.45, 7) is 3.07. The minimum Gasteiger partial charge on any atom is -0.508 e. The number of hydrogen-bond donors (Lipinski definition) is 3. The van der Waals surface area contributed by atoms with Gasteiger partial charge >= 0.3 is 0 Å². The number of hydrogen-bond acceptors (Lipinski definition) is 3. The molecule has 19 heavy (non-hydrogen) atoms. The maximum Gasteiger partial charge on any atom is 0.119 e. The fraction of sp³-hybridized carbons (Fsp3) is 0.625. The molecule has 1 aliphatic carbocycles. The van der Waals surface area contributed by atoms with Gasteiger partial charge < -0.3 is 15.5 Å². The van der Waals surface area contributed by atoms with Crippen LogP contribution in [-0.2, 0) is 0 Å². The molecule has 0 saturated heterocycles. The van der Waals surface area contributed by atoms with E-state index in [1.54, 1.807) is 12.1 Å². The summed E-state index contributed by atoms with van der Waals surface area (Å²) in [6.07, 6.45) is 8.17. The fourth-order valence-corrected chi connectivity index (χ4v) is 2.97. The van der Waals surface area contributed by atoms with Crippen LogP contribution in [-0.4, -0.2) is 16.8 Å². The quantitative estimate of drug-likeness (QED) is 0.759. The van der Waals surface area contributed by atoms with Crippen molar-refractivity contribution in [1.82, 2.24) is 5.32 Å². The maximum atomic E-state index is 9.48. The van der Waals surface area contributed by atoms with Gasteiger partial charge in [-0.1, -0.05) is 32.1 Å². The third-order valence-electron chi connectivity index (χ3n) is 4.15. The molecule has 3 heteroatoms. The van der Waals surface area contributed by atoms with Crippen molar-refractivity contribution in [2.24, 2.45) is 5.92 Å². The van der Waals surface area contributed by atoms with E-state index in [4.69, 9.17) is 0 Å². The number of nitrogens with one attached hydrogen (secondary N) is 1. The van der Waals surface area contributed by atoms with Gasteiger partial charge in [-0.15, -0.1) is 0 Å². The Morgan fingerprint density at radius 3 is 2.37 bits per heavy atom. The van der Waals surface area contributed by atoms with Crippen LogP contribution in [0.2, 0.25) is 0 Å². The van der Waals surface area contributed by atoms with Crippen molar-refractivity contribution in [3.05, 3.63) is 23.8 Å². The lowest BCUT2D eigenvalue weighted by Gasteiger charge is -2.23. The molecule has 1 fully saturated rings. The number of rotatable bonds is 5. The lowest BCUT2D eigenvalue weighted by atomic mass is 9.87. The molecule has 0 bridgehead atoms. The van der Waals surface area contributed by atoms with E-state index >= 15 is 0 Å². The predicted octanol–water partition coefficient (Wildman–Crippen LogP) is 3.72. The second-order valence-electron chi connectivity index (χ2n) is 5.75. The van der Waals surface area contributed by atoms with Crippen LogP contribution in [0.5, 0.6) is 11.5 Å². The molecule has 2 rings (SSSR count). The molecule has 0 radical (unpaired) electrons. The van der Waals surface area contributed by atoms with Gasteiger partial charge in [0.2, 0.25) is 0 Å². The van der Waals surface area contributed by atoms with E-state index in [9.17, 15) is 10.2 Å². The number of phenols is 2. The number of benzene rings is 1. The van der Waals surface area contributed by atoms with Crippen molar-refractivity contribution in [3.63, 3.8) is 0 Å².